The number of allylic oxidation sites excluding steroid dienone is 6. The highest BCUT2D eigenvalue weighted by Gasteiger charge is 1.99. The Kier molecular flexibility index (Phi) is 3.38. The van der Waals surface area contributed by atoms with Crippen molar-refractivity contribution in [2.24, 2.45) is 4.99 Å². The normalized spacial score (nSPS) is 20.3. The van der Waals surface area contributed by atoms with Crippen molar-refractivity contribution in [3.8, 4) is 0 Å². The quantitative estimate of drug-likeness (QED) is 0.574. The highest BCUT2D eigenvalue weighted by molar-refractivity contribution is 5.94. The standard InChI is InChI=1S/C11H12FN/c1-3-13-9(2)8-10-4-6-11(12)7-5-10/h3-4,6-8H,1,5H2,2H3/b10-8-,13-9-. The molecule has 0 aromatic heterocycles. The zero-order valence-electron chi connectivity index (χ0n) is 7.63. The van der Waals surface area contributed by atoms with E-state index >= 15 is 0 Å². The Morgan fingerprint density at radius 3 is 2.92 bits per heavy atom. The highest BCUT2D eigenvalue weighted by Crippen LogP contribution is 2.15. The number of hydrogen-bond acceptors (Lipinski definition) is 1. The lowest BCUT2D eigenvalue weighted by Crippen LogP contribution is -1.89. The number of rotatable bonds is 2. The smallest absolute Gasteiger partial charge is 0.119 e. The van der Waals surface area contributed by atoms with Crippen molar-refractivity contribution in [3.05, 3.63) is 48.5 Å². The molecule has 2 heteroatoms. The van der Waals surface area contributed by atoms with Crippen LogP contribution in [0.2, 0.25) is 0 Å². The second-order valence-corrected chi connectivity index (χ2v) is 2.80. The molecule has 1 aliphatic carbocycles. The van der Waals surface area contributed by atoms with E-state index in [1.165, 1.54) is 12.3 Å². The van der Waals surface area contributed by atoms with Gasteiger partial charge in [-0.3, -0.25) is 4.99 Å². The van der Waals surface area contributed by atoms with Gasteiger partial charge in [0, 0.05) is 11.9 Å². The van der Waals surface area contributed by atoms with Crippen molar-refractivity contribution in [2.45, 2.75) is 13.3 Å². The summed E-state index contributed by atoms with van der Waals surface area (Å²) in [6, 6.07) is 0. The van der Waals surface area contributed by atoms with Crippen LogP contribution in [0.1, 0.15) is 13.3 Å². The fourth-order valence-electron chi connectivity index (χ4n) is 1.09. The Labute approximate surface area is 77.7 Å². The fourth-order valence-corrected chi connectivity index (χ4v) is 1.09. The van der Waals surface area contributed by atoms with E-state index in [1.807, 2.05) is 13.0 Å². The maximum Gasteiger partial charge on any atom is 0.119 e. The van der Waals surface area contributed by atoms with E-state index in [1.54, 1.807) is 12.2 Å². The molecule has 0 atom stereocenters. The van der Waals surface area contributed by atoms with Gasteiger partial charge in [-0.25, -0.2) is 4.39 Å². The van der Waals surface area contributed by atoms with E-state index < -0.39 is 0 Å². The van der Waals surface area contributed by atoms with Gasteiger partial charge >= 0.3 is 0 Å². The molecule has 0 unspecified atom stereocenters. The third-order valence-corrected chi connectivity index (χ3v) is 1.68. The van der Waals surface area contributed by atoms with E-state index in [9.17, 15) is 4.39 Å². The van der Waals surface area contributed by atoms with E-state index in [-0.39, 0.29) is 5.83 Å². The van der Waals surface area contributed by atoms with Crippen molar-refractivity contribution in [1.82, 2.24) is 0 Å². The summed E-state index contributed by atoms with van der Waals surface area (Å²) in [6.07, 6.45) is 8.81. The maximum absolute atomic E-state index is 12.5. The van der Waals surface area contributed by atoms with Crippen LogP contribution in [-0.2, 0) is 0 Å². The first-order chi connectivity index (χ1) is 6.22. The summed E-state index contributed by atoms with van der Waals surface area (Å²) in [7, 11) is 0. The minimum absolute atomic E-state index is 0.171. The monoisotopic (exact) mass is 177 g/mol. The number of hydrogen-bond donors (Lipinski definition) is 0. The van der Waals surface area contributed by atoms with Crippen molar-refractivity contribution < 1.29 is 4.39 Å². The Balaban J connectivity index is 2.71. The largest absolute Gasteiger partial charge is 0.262 e. The third-order valence-electron chi connectivity index (χ3n) is 1.68. The fraction of sp³-hybridized carbons (Fsp3) is 0.182. The molecule has 0 aliphatic heterocycles. The van der Waals surface area contributed by atoms with Crippen LogP contribution < -0.4 is 0 Å². The summed E-state index contributed by atoms with van der Waals surface area (Å²) in [5, 5.41) is 0. The molecule has 0 bridgehead atoms. The minimum Gasteiger partial charge on any atom is -0.262 e. The van der Waals surface area contributed by atoms with E-state index in [0.717, 1.165) is 11.3 Å². The van der Waals surface area contributed by atoms with Crippen LogP contribution in [0.15, 0.2) is 53.5 Å². The molecule has 0 N–H and O–H groups in total. The lowest BCUT2D eigenvalue weighted by molar-refractivity contribution is 0.659. The van der Waals surface area contributed by atoms with Crippen molar-refractivity contribution in [1.29, 1.82) is 0 Å². The molecule has 0 fully saturated rings. The van der Waals surface area contributed by atoms with Crippen LogP contribution in [0.4, 0.5) is 4.39 Å². The lowest BCUT2D eigenvalue weighted by Gasteiger charge is -2.02. The summed E-state index contributed by atoms with van der Waals surface area (Å²) in [6.45, 7) is 5.39. The molecule has 1 aliphatic rings. The highest BCUT2D eigenvalue weighted by atomic mass is 19.1. The van der Waals surface area contributed by atoms with Crippen LogP contribution >= 0.6 is 0 Å². The zero-order valence-corrected chi connectivity index (χ0v) is 7.63. The van der Waals surface area contributed by atoms with E-state index in [4.69, 9.17) is 0 Å². The van der Waals surface area contributed by atoms with Crippen LogP contribution in [0, 0.1) is 0 Å². The predicted molar refractivity (Wildman–Crippen MR) is 54.3 cm³/mol. The van der Waals surface area contributed by atoms with Gasteiger partial charge in [-0.2, -0.15) is 0 Å². The Morgan fingerprint density at radius 1 is 1.62 bits per heavy atom. The molecule has 0 heterocycles. The topological polar surface area (TPSA) is 12.4 Å². The van der Waals surface area contributed by atoms with Crippen LogP contribution in [0.25, 0.3) is 0 Å². The van der Waals surface area contributed by atoms with E-state index in [0.29, 0.717) is 6.42 Å². The predicted octanol–water partition coefficient (Wildman–Crippen LogP) is 3.33. The first kappa shape index (κ1) is 9.65. The molecule has 0 saturated carbocycles. The van der Waals surface area contributed by atoms with Gasteiger partial charge in [-0.05, 0) is 37.1 Å². The lowest BCUT2D eigenvalue weighted by atomic mass is 10.1. The summed E-state index contributed by atoms with van der Waals surface area (Å²) in [5.41, 5.74) is 1.94. The molecular formula is C11H12FN. The summed E-state index contributed by atoms with van der Waals surface area (Å²) < 4.78 is 12.5. The number of aliphatic imine (C=N–C) groups is 1. The second-order valence-electron chi connectivity index (χ2n) is 2.80. The zero-order chi connectivity index (χ0) is 9.68. The SMILES string of the molecule is C=C/N=C(C)\C=C1\C=CC(F)=CC1. The van der Waals surface area contributed by atoms with Crippen LogP contribution in [0.5, 0.6) is 0 Å². The number of nitrogens with zero attached hydrogens (tertiary/aromatic N) is 1. The van der Waals surface area contributed by atoms with Crippen LogP contribution in [0.3, 0.4) is 0 Å². The summed E-state index contributed by atoms with van der Waals surface area (Å²) in [4.78, 5) is 3.99. The molecule has 0 aromatic rings. The molecule has 0 saturated heterocycles. The first-order valence-electron chi connectivity index (χ1n) is 4.12. The Bertz CT molecular complexity index is 319. The molecule has 68 valence electrons. The van der Waals surface area contributed by atoms with Gasteiger partial charge in [0.2, 0.25) is 0 Å². The van der Waals surface area contributed by atoms with Gasteiger partial charge in [-0.1, -0.05) is 12.7 Å². The minimum atomic E-state index is -0.171. The van der Waals surface area contributed by atoms with Crippen molar-refractivity contribution in [2.75, 3.05) is 0 Å². The molecule has 0 radical (unpaired) electrons. The van der Waals surface area contributed by atoms with Gasteiger partial charge in [0.1, 0.15) is 5.83 Å². The van der Waals surface area contributed by atoms with Gasteiger partial charge in [0.25, 0.3) is 0 Å². The first-order valence-corrected chi connectivity index (χ1v) is 4.12. The van der Waals surface area contributed by atoms with Gasteiger partial charge in [-0.15, -0.1) is 0 Å². The molecule has 13 heavy (non-hydrogen) atoms. The molecule has 0 spiro atoms. The van der Waals surface area contributed by atoms with E-state index in [2.05, 4.69) is 11.6 Å². The Hall–Kier alpha value is -1.44. The van der Waals surface area contributed by atoms with Gasteiger partial charge in [0.15, 0.2) is 0 Å². The summed E-state index contributed by atoms with van der Waals surface area (Å²) >= 11 is 0. The molecule has 0 aromatic carbocycles. The van der Waals surface area contributed by atoms with Crippen molar-refractivity contribution in [3.63, 3.8) is 0 Å². The van der Waals surface area contributed by atoms with Gasteiger partial charge in [0.05, 0.1) is 0 Å². The molecular weight excluding hydrogens is 165 g/mol. The summed E-state index contributed by atoms with van der Waals surface area (Å²) in [5.74, 6) is -0.171. The van der Waals surface area contributed by atoms with Crippen LogP contribution in [-0.4, -0.2) is 5.71 Å². The third kappa shape index (κ3) is 3.20. The maximum atomic E-state index is 12.5. The average Bonchev–Trinajstić information content (AvgIpc) is 2.09. The van der Waals surface area contributed by atoms with Gasteiger partial charge < -0.3 is 0 Å². The van der Waals surface area contributed by atoms with Crippen molar-refractivity contribution >= 4 is 5.71 Å². The molecule has 1 rings (SSSR count). The molecule has 0 amide bonds. The Morgan fingerprint density at radius 2 is 2.38 bits per heavy atom. The molecule has 1 nitrogen and oxygen atoms in total. The number of halogens is 1. The average molecular weight is 177 g/mol. The second kappa shape index (κ2) is 4.55.